The fourth-order valence-electron chi connectivity index (χ4n) is 0.125. The van der Waals surface area contributed by atoms with E-state index in [1.165, 1.54) is 0 Å². The number of rotatable bonds is 0. The Kier molecular flexibility index (Phi) is 18.0. The first-order chi connectivity index (χ1) is 4.83. The third-order valence-corrected chi connectivity index (χ3v) is 0.562. The quantitative estimate of drug-likeness (QED) is 0.442. The van der Waals surface area contributed by atoms with Gasteiger partial charge >= 0.3 is 0 Å². The highest BCUT2D eigenvalue weighted by atomic mass is 13.5. The predicted octanol–water partition coefficient (Wildman–Crippen LogP) is 2.06. The zero-order chi connectivity index (χ0) is 8.24. The van der Waals surface area contributed by atoms with Gasteiger partial charge in [0, 0.05) is 0 Å². The van der Waals surface area contributed by atoms with Crippen LogP contribution in [0.15, 0.2) is 0 Å². The van der Waals surface area contributed by atoms with Crippen LogP contribution in [0.25, 0.3) is 0 Å². The summed E-state index contributed by atoms with van der Waals surface area (Å²) in [7, 11) is 0. The first-order valence-corrected chi connectivity index (χ1v) is 3.00. The first-order valence-electron chi connectivity index (χ1n) is 3.00. The van der Waals surface area contributed by atoms with Crippen LogP contribution in [0.4, 0.5) is 0 Å². The zero-order valence-electron chi connectivity index (χ0n) is 7.00. The summed E-state index contributed by atoms with van der Waals surface area (Å²) in [6, 6.07) is 0. The lowest BCUT2D eigenvalue weighted by atomic mass is 10.6. The fourth-order valence-corrected chi connectivity index (χ4v) is 0.125. The van der Waals surface area contributed by atoms with Gasteiger partial charge in [-0.05, 0) is 39.5 Å². The Labute approximate surface area is 64.0 Å². The van der Waals surface area contributed by atoms with Crippen molar-refractivity contribution in [3.05, 3.63) is 0 Å². The van der Waals surface area contributed by atoms with Gasteiger partial charge in [-0.2, -0.15) is 0 Å². The minimum atomic E-state index is 1.77. The molecule has 0 aliphatic carbocycles. The van der Waals surface area contributed by atoms with E-state index in [0.717, 1.165) is 0 Å². The minimum absolute atomic E-state index is 1.77. The maximum atomic E-state index is 2.68. The van der Waals surface area contributed by atoms with E-state index in [9.17, 15) is 0 Å². The van der Waals surface area contributed by atoms with Gasteiger partial charge in [0.15, 0.2) is 0 Å². The third-order valence-electron chi connectivity index (χ3n) is 0.562. The smallest absolute Gasteiger partial charge is 0.00168 e. The second kappa shape index (κ2) is 15.6. The summed E-state index contributed by atoms with van der Waals surface area (Å²) >= 11 is 0. The van der Waals surface area contributed by atoms with Crippen LogP contribution in [0.2, 0.25) is 0 Å². The molecule has 0 spiro atoms. The average Bonchev–Trinajstić information content (AvgIpc) is 2.01. The molecule has 0 saturated heterocycles. The molecule has 0 aromatic heterocycles. The van der Waals surface area contributed by atoms with Crippen LogP contribution in [0, 0.1) is 35.5 Å². The average molecular weight is 132 g/mol. The van der Waals surface area contributed by atoms with Gasteiger partial charge in [-0.15, -0.1) is 11.8 Å². The Morgan fingerprint density at radius 3 is 0.900 bits per heavy atom. The van der Waals surface area contributed by atoms with Crippen molar-refractivity contribution in [1.29, 1.82) is 0 Å². The highest BCUT2D eigenvalue weighted by Gasteiger charge is 1.41. The Morgan fingerprint density at radius 1 is 0.500 bits per heavy atom. The van der Waals surface area contributed by atoms with Crippen molar-refractivity contribution in [3.63, 3.8) is 0 Å². The van der Waals surface area contributed by atoms with Crippen LogP contribution in [0.1, 0.15) is 27.7 Å². The van der Waals surface area contributed by atoms with Gasteiger partial charge in [-0.1, -0.05) is 11.8 Å². The van der Waals surface area contributed by atoms with E-state index in [-0.39, 0.29) is 0 Å². The van der Waals surface area contributed by atoms with Gasteiger partial charge < -0.3 is 0 Å². The molecule has 0 saturated carbocycles. The molecular formula is C10H12. The molecule has 10 heavy (non-hydrogen) atoms. The van der Waals surface area contributed by atoms with E-state index >= 15 is 0 Å². The molecule has 0 aliphatic rings. The molecule has 0 N–H and O–H groups in total. The van der Waals surface area contributed by atoms with Gasteiger partial charge in [0.05, 0.1) is 0 Å². The third kappa shape index (κ3) is 30.0. The van der Waals surface area contributed by atoms with Crippen LogP contribution < -0.4 is 0 Å². The van der Waals surface area contributed by atoms with E-state index in [1.807, 2.05) is 13.8 Å². The van der Waals surface area contributed by atoms with Crippen LogP contribution in [0.5, 0.6) is 0 Å². The molecular weight excluding hydrogens is 120 g/mol. The SMILES string of the molecule is CC#CC.CC#CC#CC. The lowest BCUT2D eigenvalue weighted by Crippen LogP contribution is -1.42. The fraction of sp³-hybridized carbons (Fsp3) is 0.400. The molecule has 0 radical (unpaired) electrons. The Morgan fingerprint density at radius 2 is 0.800 bits per heavy atom. The monoisotopic (exact) mass is 132 g/mol. The van der Waals surface area contributed by atoms with E-state index in [0.29, 0.717) is 0 Å². The second-order valence-corrected chi connectivity index (χ2v) is 1.25. The summed E-state index contributed by atoms with van der Waals surface area (Å²) in [6.45, 7) is 7.18. The van der Waals surface area contributed by atoms with E-state index in [1.54, 1.807) is 13.8 Å². The molecule has 0 heteroatoms. The maximum Gasteiger partial charge on any atom is -0.00168 e. The maximum absolute atomic E-state index is 2.68. The van der Waals surface area contributed by atoms with E-state index in [4.69, 9.17) is 0 Å². The van der Waals surface area contributed by atoms with Gasteiger partial charge in [0.2, 0.25) is 0 Å². The van der Waals surface area contributed by atoms with Gasteiger partial charge in [0.1, 0.15) is 0 Å². The van der Waals surface area contributed by atoms with Crippen molar-refractivity contribution >= 4 is 0 Å². The summed E-state index contributed by atoms with van der Waals surface area (Å²) < 4.78 is 0. The van der Waals surface area contributed by atoms with Gasteiger partial charge in [0.25, 0.3) is 0 Å². The van der Waals surface area contributed by atoms with Crippen LogP contribution in [-0.4, -0.2) is 0 Å². The van der Waals surface area contributed by atoms with Gasteiger partial charge in [-0.25, -0.2) is 0 Å². The topological polar surface area (TPSA) is 0 Å². The first kappa shape index (κ1) is 11.5. The van der Waals surface area contributed by atoms with Crippen LogP contribution >= 0.6 is 0 Å². The van der Waals surface area contributed by atoms with Crippen molar-refractivity contribution < 1.29 is 0 Å². The highest BCUT2D eigenvalue weighted by molar-refractivity contribution is 5.23. The molecule has 0 amide bonds. The van der Waals surface area contributed by atoms with Crippen molar-refractivity contribution in [3.8, 4) is 35.5 Å². The number of hydrogen-bond acceptors (Lipinski definition) is 0. The largest absolute Gasteiger partial charge is 0.107 e. The Balaban J connectivity index is 0. The highest BCUT2D eigenvalue weighted by Crippen LogP contribution is 1.47. The lowest BCUT2D eigenvalue weighted by Gasteiger charge is -1.48. The van der Waals surface area contributed by atoms with Crippen molar-refractivity contribution in [2.24, 2.45) is 0 Å². The van der Waals surface area contributed by atoms with Crippen LogP contribution in [-0.2, 0) is 0 Å². The molecule has 0 unspecified atom stereocenters. The zero-order valence-corrected chi connectivity index (χ0v) is 7.00. The molecule has 0 aromatic carbocycles. The Bertz CT molecular complexity index is 190. The summed E-state index contributed by atoms with van der Waals surface area (Å²) in [5, 5.41) is 0. The lowest BCUT2D eigenvalue weighted by molar-refractivity contribution is 1.83. The summed E-state index contributed by atoms with van der Waals surface area (Å²) in [5.74, 6) is 15.8. The van der Waals surface area contributed by atoms with E-state index < -0.39 is 0 Å². The standard InChI is InChI=1S/C6H6.C4H6/c1-3-5-6-4-2;1-3-4-2/h1-2H3;1-2H3. The molecule has 0 nitrogen and oxygen atoms in total. The van der Waals surface area contributed by atoms with Crippen molar-refractivity contribution in [1.82, 2.24) is 0 Å². The van der Waals surface area contributed by atoms with Crippen LogP contribution in [0.3, 0.4) is 0 Å². The number of hydrogen-bond donors (Lipinski definition) is 0. The summed E-state index contributed by atoms with van der Waals surface area (Å²) in [4.78, 5) is 0. The summed E-state index contributed by atoms with van der Waals surface area (Å²) in [6.07, 6.45) is 0. The molecule has 0 rings (SSSR count). The molecule has 0 aromatic rings. The second-order valence-electron chi connectivity index (χ2n) is 1.25. The normalized spacial score (nSPS) is 3.60. The molecule has 0 bridgehead atoms. The molecule has 0 heterocycles. The molecule has 52 valence electrons. The molecule has 0 aliphatic heterocycles. The van der Waals surface area contributed by atoms with Crippen molar-refractivity contribution in [2.45, 2.75) is 27.7 Å². The summed E-state index contributed by atoms with van der Waals surface area (Å²) in [5.41, 5.74) is 0. The molecule has 0 atom stereocenters. The predicted molar refractivity (Wildman–Crippen MR) is 46.0 cm³/mol. The molecule has 0 fully saturated rings. The van der Waals surface area contributed by atoms with Crippen molar-refractivity contribution in [2.75, 3.05) is 0 Å². The van der Waals surface area contributed by atoms with E-state index in [2.05, 4.69) is 35.5 Å². The minimum Gasteiger partial charge on any atom is -0.107 e. The van der Waals surface area contributed by atoms with Gasteiger partial charge in [-0.3, -0.25) is 0 Å². The Hall–Kier alpha value is -1.32.